The average molecular weight is 654 g/mol. The van der Waals surface area contributed by atoms with E-state index in [0.717, 1.165) is 43.7 Å². The predicted octanol–water partition coefficient (Wildman–Crippen LogP) is 5.98. The highest BCUT2D eigenvalue weighted by molar-refractivity contribution is 6.77. The zero-order valence-corrected chi connectivity index (χ0v) is 29.1. The summed E-state index contributed by atoms with van der Waals surface area (Å²) in [5, 5.41) is 12.2. The molecule has 0 aromatic heterocycles. The van der Waals surface area contributed by atoms with Crippen LogP contribution in [0.1, 0.15) is 92.9 Å². The van der Waals surface area contributed by atoms with E-state index in [2.05, 4.69) is 67.1 Å². The van der Waals surface area contributed by atoms with Gasteiger partial charge in [-0.3, -0.25) is 20.3 Å². The highest BCUT2D eigenvalue weighted by Crippen LogP contribution is 2.50. The molecule has 5 rings (SSSR count). The van der Waals surface area contributed by atoms with Gasteiger partial charge in [0.25, 0.3) is 5.91 Å². The molecule has 0 radical (unpaired) electrons. The van der Waals surface area contributed by atoms with Crippen molar-refractivity contribution in [2.45, 2.75) is 102 Å². The molecule has 2 atom stereocenters. The lowest BCUT2D eigenvalue weighted by Crippen LogP contribution is -2.56. The minimum absolute atomic E-state index is 0.0158. The van der Waals surface area contributed by atoms with Crippen molar-refractivity contribution in [3.05, 3.63) is 70.8 Å². The van der Waals surface area contributed by atoms with Gasteiger partial charge in [-0.1, -0.05) is 52.5 Å². The predicted molar refractivity (Wildman–Crippen MR) is 179 cm³/mol. The Morgan fingerprint density at radius 2 is 1.72 bits per heavy atom. The third-order valence-electron chi connectivity index (χ3n) is 9.70. The third kappa shape index (κ3) is 7.61. The lowest BCUT2D eigenvalue weighted by Gasteiger charge is -2.49. The van der Waals surface area contributed by atoms with Crippen LogP contribution in [0.5, 0.6) is 0 Å². The summed E-state index contributed by atoms with van der Waals surface area (Å²) in [5.41, 5.74) is 7.47. The number of rotatable bonds is 9. The molecule has 2 fully saturated rings. The molecule has 3 aliphatic rings. The normalized spacial score (nSPS) is 24.5. The van der Waals surface area contributed by atoms with Crippen LogP contribution in [0.3, 0.4) is 0 Å². The van der Waals surface area contributed by atoms with Gasteiger partial charge in [-0.2, -0.15) is 0 Å². The number of nitrogens with one attached hydrogen (secondary N) is 4. The monoisotopic (exact) mass is 653 g/mol. The zero-order valence-electron chi connectivity index (χ0n) is 28.1. The van der Waals surface area contributed by atoms with Crippen LogP contribution in [0.2, 0.25) is 25.2 Å². The number of carbonyl (C=O) groups excluding carboxylic acids is 2. The van der Waals surface area contributed by atoms with Gasteiger partial charge in [-0.25, -0.2) is 14.3 Å². The molecule has 1 saturated heterocycles. The summed E-state index contributed by atoms with van der Waals surface area (Å²) >= 11 is 0. The number of hydrazine groups is 2. The fourth-order valence-corrected chi connectivity index (χ4v) is 9.13. The first-order valence-corrected chi connectivity index (χ1v) is 19.9. The summed E-state index contributed by atoms with van der Waals surface area (Å²) < 4.78 is 28.8. The minimum atomic E-state index is -1.41. The first kappa shape index (κ1) is 34.0. The number of carbonyl (C=O) groups is 2. The van der Waals surface area contributed by atoms with Gasteiger partial charge < -0.3 is 10.2 Å². The number of amides is 2. The molecule has 250 valence electrons. The van der Waals surface area contributed by atoms with E-state index in [9.17, 15) is 18.4 Å². The molecule has 2 amide bonds. The van der Waals surface area contributed by atoms with Crippen LogP contribution >= 0.6 is 0 Å². The average Bonchev–Trinajstić information content (AvgIpc) is 3.51. The summed E-state index contributed by atoms with van der Waals surface area (Å²) in [6.45, 7) is 14.0. The van der Waals surface area contributed by atoms with Crippen LogP contribution in [0, 0.1) is 17.0 Å². The Hall–Kier alpha value is -3.35. The van der Waals surface area contributed by atoms with Crippen LogP contribution in [-0.4, -0.2) is 55.0 Å². The lowest BCUT2D eigenvalue weighted by atomic mass is 9.83. The molecule has 2 heterocycles. The molecule has 1 aliphatic carbocycles. The molecule has 2 aromatic carbocycles. The van der Waals surface area contributed by atoms with Gasteiger partial charge in [0.1, 0.15) is 17.7 Å². The largest absolute Gasteiger partial charge is 0.345 e. The number of amidine groups is 1. The Balaban J connectivity index is 1.47. The fraction of sp³-hybridized carbons (Fsp3) is 0.559. The first-order chi connectivity index (χ1) is 21.5. The van der Waals surface area contributed by atoms with Crippen LogP contribution in [0.25, 0.3) is 0 Å². The highest BCUT2D eigenvalue weighted by atomic mass is 28.3. The van der Waals surface area contributed by atoms with Crippen molar-refractivity contribution in [2.24, 2.45) is 10.5 Å². The molecule has 1 saturated carbocycles. The Bertz CT molecular complexity index is 1440. The van der Waals surface area contributed by atoms with E-state index in [-0.39, 0.29) is 29.8 Å². The molecule has 0 bridgehead atoms. The second-order valence-electron chi connectivity index (χ2n) is 15.4. The molecule has 2 aliphatic heterocycles. The van der Waals surface area contributed by atoms with Gasteiger partial charge in [-0.05, 0) is 84.9 Å². The Kier molecular flexibility index (Phi) is 9.64. The van der Waals surface area contributed by atoms with E-state index in [1.165, 1.54) is 12.1 Å². The maximum atomic E-state index is 14.6. The molecule has 12 heteroatoms. The van der Waals surface area contributed by atoms with Gasteiger partial charge in [0.05, 0.1) is 18.2 Å². The van der Waals surface area contributed by atoms with E-state index in [0.29, 0.717) is 28.9 Å². The summed E-state index contributed by atoms with van der Waals surface area (Å²) in [4.78, 5) is 29.6. The van der Waals surface area contributed by atoms with E-state index in [1.54, 1.807) is 24.3 Å². The topological polar surface area (TPSA) is 101 Å². The number of benzene rings is 2. The zero-order chi connectivity index (χ0) is 33.4. The maximum absolute atomic E-state index is 14.6. The molecule has 46 heavy (non-hydrogen) atoms. The van der Waals surface area contributed by atoms with Gasteiger partial charge in [0, 0.05) is 26.8 Å². The quantitative estimate of drug-likeness (QED) is 0.249. The van der Waals surface area contributed by atoms with Crippen LogP contribution in [0.4, 0.5) is 8.78 Å². The molecular formula is C34H49F2N7O2Si. The van der Waals surface area contributed by atoms with Crippen molar-refractivity contribution in [3.63, 3.8) is 0 Å². The molecule has 2 aromatic rings. The number of hydrogen-bond donors (Lipinski definition) is 4. The first-order valence-electron chi connectivity index (χ1n) is 16.3. The second kappa shape index (κ2) is 13.0. The van der Waals surface area contributed by atoms with Gasteiger partial charge in [0.15, 0.2) is 5.84 Å². The minimum Gasteiger partial charge on any atom is -0.345 e. The Morgan fingerprint density at radius 3 is 2.26 bits per heavy atom. The summed E-state index contributed by atoms with van der Waals surface area (Å²) in [6.07, 6.45) is 5.10. The maximum Gasteiger partial charge on any atom is 0.251 e. The summed E-state index contributed by atoms with van der Waals surface area (Å²) in [5.74, 6) is -1.20. The smallest absolute Gasteiger partial charge is 0.251 e. The van der Waals surface area contributed by atoms with Gasteiger partial charge in [-0.15, -0.1) is 10.2 Å². The van der Waals surface area contributed by atoms with Crippen LogP contribution in [0.15, 0.2) is 47.6 Å². The molecule has 2 unspecified atom stereocenters. The molecule has 1 spiro atoms. The molecule has 9 nitrogen and oxygen atoms in total. The molecule has 4 N–H and O–H groups in total. The standard InChI is InChI=1S/C34H49F2N7O2Si/c1-33(2,3)15-14-28(22-8-10-23(11-9-22)31(44)37-21-29-39-41-42(4)40-29)43-32(45)30(24-18-25(35)20-26(36)19-24)38-34(43)16-12-27(13-17-34)46(5,6)7/h8-11,18-20,27-28,30,38,41H,12-17,21H2,1-7H3,(H,37,44)(H,39,40). The van der Waals surface area contributed by atoms with E-state index < -0.39 is 31.4 Å². The van der Waals surface area contributed by atoms with E-state index in [1.807, 2.05) is 17.0 Å². The van der Waals surface area contributed by atoms with Crippen molar-refractivity contribution >= 4 is 25.7 Å². The second-order valence-corrected chi connectivity index (χ2v) is 21.0. The fourth-order valence-electron chi connectivity index (χ4n) is 7.11. The number of nitrogens with zero attached hydrogens (tertiary/aromatic N) is 3. The van der Waals surface area contributed by atoms with Crippen molar-refractivity contribution < 1.29 is 18.4 Å². The van der Waals surface area contributed by atoms with E-state index in [4.69, 9.17) is 0 Å². The Morgan fingerprint density at radius 1 is 1.09 bits per heavy atom. The van der Waals surface area contributed by atoms with Crippen molar-refractivity contribution in [3.8, 4) is 0 Å². The number of hydrazone groups is 1. The number of halogens is 2. The SMILES string of the molecule is CN1NN=C(CNC(=O)c2ccc(C(CCC(C)(C)C)N3C(=O)C(c4cc(F)cc(F)c4)NC34CCC([Si](C)(C)C)CC4)cc2)N1. The van der Waals surface area contributed by atoms with Crippen molar-refractivity contribution in [1.29, 1.82) is 0 Å². The third-order valence-corrected chi connectivity index (χ3v) is 12.7. The summed E-state index contributed by atoms with van der Waals surface area (Å²) in [7, 11) is 0.361. The van der Waals surface area contributed by atoms with Crippen molar-refractivity contribution in [2.75, 3.05) is 13.6 Å². The summed E-state index contributed by atoms with van der Waals surface area (Å²) in [6, 6.07) is 9.70. The molecular weight excluding hydrogens is 605 g/mol. The Labute approximate surface area is 272 Å². The van der Waals surface area contributed by atoms with Crippen molar-refractivity contribution in [1.82, 2.24) is 31.6 Å². The van der Waals surface area contributed by atoms with E-state index >= 15 is 0 Å². The van der Waals surface area contributed by atoms with Gasteiger partial charge in [0.2, 0.25) is 5.91 Å². The van der Waals surface area contributed by atoms with Crippen LogP contribution in [-0.2, 0) is 4.79 Å². The number of hydrogen-bond acceptors (Lipinski definition) is 7. The van der Waals surface area contributed by atoms with Crippen LogP contribution < -0.4 is 21.6 Å². The van der Waals surface area contributed by atoms with Gasteiger partial charge >= 0.3 is 0 Å². The lowest BCUT2D eigenvalue weighted by molar-refractivity contribution is -0.137. The highest BCUT2D eigenvalue weighted by Gasteiger charge is 2.55.